The number of carbonyl (C=O) groups is 3. The van der Waals surface area contributed by atoms with Gasteiger partial charge in [0, 0.05) is 23.0 Å². The van der Waals surface area contributed by atoms with E-state index in [1.54, 1.807) is 0 Å². The summed E-state index contributed by atoms with van der Waals surface area (Å²) >= 11 is 0. The molecule has 178 valence electrons. The normalized spacial score (nSPS) is 28.5. The van der Waals surface area contributed by atoms with Crippen molar-refractivity contribution in [1.29, 1.82) is 0 Å². The minimum atomic E-state index is -2.85. The number of aliphatic hydroxyl groups is 2. The number of primary amides is 1. The maximum Gasteiger partial charge on any atom is 0.274 e. The first-order valence-corrected chi connectivity index (χ1v) is 10.1. The summed E-state index contributed by atoms with van der Waals surface area (Å²) in [7, 11) is 2.81. The van der Waals surface area contributed by atoms with Crippen LogP contribution >= 0.6 is 0 Å². The summed E-state index contributed by atoms with van der Waals surface area (Å²) in [6.45, 7) is 0. The van der Waals surface area contributed by atoms with Crippen molar-refractivity contribution < 1.29 is 38.5 Å². The Morgan fingerprint density at radius 2 is 1.88 bits per heavy atom. The number of nitrogens with two attached hydrogens (primary N) is 1. The molecule has 0 saturated heterocycles. The van der Waals surface area contributed by atoms with E-state index in [-0.39, 0.29) is 5.56 Å². The fraction of sp³-hybridized carbons (Fsp3) is 0.318. The molecule has 12 heteroatoms. The summed E-state index contributed by atoms with van der Waals surface area (Å²) < 4.78 is 28.5. The molecule has 0 aromatic heterocycles. The second-order valence-electron chi connectivity index (χ2n) is 8.58. The van der Waals surface area contributed by atoms with Crippen LogP contribution in [-0.4, -0.2) is 63.4 Å². The number of Topliss-reactive ketones (excluding diaryl/α,β-unsaturated/α-hetero) is 2. The number of hydrogen-bond donors (Lipinski definition) is 4. The minimum Gasteiger partial charge on any atom is -0.508 e. The molecule has 34 heavy (non-hydrogen) atoms. The third kappa shape index (κ3) is 2.82. The number of hydrogen-bond acceptors (Lipinski definition) is 9. The summed E-state index contributed by atoms with van der Waals surface area (Å²) in [4.78, 5) is 51.7. The zero-order valence-electron chi connectivity index (χ0n) is 17.9. The molecule has 1 unspecified atom stereocenters. The number of allylic oxidation sites excluding steroid dienone is 2. The van der Waals surface area contributed by atoms with Gasteiger partial charge in [0.05, 0.1) is 11.6 Å². The van der Waals surface area contributed by atoms with Gasteiger partial charge >= 0.3 is 0 Å². The molecular formula is C22H19F2N3O7. The smallest absolute Gasteiger partial charge is 0.274 e. The molecule has 0 spiro atoms. The lowest BCUT2D eigenvalue weighted by molar-refractivity contribution is -0.133. The zero-order valence-corrected chi connectivity index (χ0v) is 17.9. The van der Waals surface area contributed by atoms with Crippen LogP contribution < -0.4 is 5.73 Å². The van der Waals surface area contributed by atoms with Crippen molar-refractivity contribution in [1.82, 2.24) is 4.90 Å². The molecule has 0 radical (unpaired) electrons. The average molecular weight is 475 g/mol. The second-order valence-corrected chi connectivity index (χ2v) is 8.58. The number of aliphatic hydroxyl groups excluding tert-OH is 1. The van der Waals surface area contributed by atoms with E-state index < -0.39 is 92.9 Å². The predicted molar refractivity (Wildman–Crippen MR) is 112 cm³/mol. The van der Waals surface area contributed by atoms with Gasteiger partial charge in [0.15, 0.2) is 17.2 Å². The number of rotatable bonds is 3. The third-order valence-corrected chi connectivity index (χ3v) is 6.74. The highest BCUT2D eigenvalue weighted by molar-refractivity contribution is 6.23. The van der Waals surface area contributed by atoms with Crippen molar-refractivity contribution in [3.63, 3.8) is 0 Å². The summed E-state index contributed by atoms with van der Waals surface area (Å²) in [5, 5.41) is 35.4. The Hall–Kier alpha value is -3.77. The number of phenols is 1. The summed E-state index contributed by atoms with van der Waals surface area (Å²) in [5.74, 6) is -8.32. The van der Waals surface area contributed by atoms with Crippen molar-refractivity contribution in [2.45, 2.75) is 18.1 Å². The third-order valence-electron chi connectivity index (χ3n) is 6.74. The standard InChI is InChI=1S/C22H19F2N3O7/c1-27(2)15-9-6-8-11(20(23)24)7-4-3-5-10(28)12(7)16(29)13(8)18(26-34)22(9,33)19(31)14(17(15)30)21(25)32/h3-5,8-9,15,28,31,33H,6H2,1-2H3,(H2,25,32)/t8?,9-,15-,22-/m0/s1. The van der Waals surface area contributed by atoms with Crippen LogP contribution in [0.5, 0.6) is 5.75 Å². The van der Waals surface area contributed by atoms with Crippen molar-refractivity contribution in [3.05, 3.63) is 62.9 Å². The van der Waals surface area contributed by atoms with E-state index in [1.165, 1.54) is 31.1 Å². The summed E-state index contributed by atoms with van der Waals surface area (Å²) in [6, 6.07) is 2.16. The highest BCUT2D eigenvalue weighted by Gasteiger charge is 2.63. The van der Waals surface area contributed by atoms with Crippen molar-refractivity contribution in [2.24, 2.45) is 22.7 Å². The van der Waals surface area contributed by atoms with E-state index in [0.29, 0.717) is 0 Å². The number of amides is 1. The molecule has 5 N–H and O–H groups in total. The van der Waals surface area contributed by atoms with Crippen molar-refractivity contribution in [2.75, 3.05) is 14.1 Å². The number of nitroso groups, excluding NO2 is 1. The van der Waals surface area contributed by atoms with Crippen LogP contribution in [0, 0.1) is 16.7 Å². The van der Waals surface area contributed by atoms with Gasteiger partial charge < -0.3 is 21.1 Å². The highest BCUT2D eigenvalue weighted by atomic mass is 19.3. The van der Waals surface area contributed by atoms with E-state index in [0.717, 1.165) is 6.07 Å². The molecule has 3 aliphatic rings. The molecule has 1 aromatic rings. The van der Waals surface area contributed by atoms with Crippen LogP contribution in [0.15, 0.2) is 52.1 Å². The van der Waals surface area contributed by atoms with Crippen molar-refractivity contribution in [3.8, 4) is 5.75 Å². The van der Waals surface area contributed by atoms with Gasteiger partial charge in [0.2, 0.25) is 0 Å². The number of phenolic OH excluding ortho intramolecular Hbond substituents is 1. The topological polar surface area (TPSA) is 171 Å². The number of fused-ring (bicyclic) bond motifs is 3. The van der Waals surface area contributed by atoms with Crippen LogP contribution in [0.4, 0.5) is 8.78 Å². The first kappa shape index (κ1) is 23.4. The average Bonchev–Trinajstić information content (AvgIpc) is 2.73. The quantitative estimate of drug-likeness (QED) is 0.375. The molecule has 1 amide bonds. The number of nitrogens with zero attached hydrogens (tertiary/aromatic N) is 2. The Balaban J connectivity index is 2.15. The lowest BCUT2D eigenvalue weighted by Gasteiger charge is -2.50. The van der Waals surface area contributed by atoms with Gasteiger partial charge in [0.25, 0.3) is 12.0 Å². The minimum absolute atomic E-state index is 0.268. The van der Waals surface area contributed by atoms with E-state index in [1.807, 2.05) is 0 Å². The number of halogens is 2. The molecule has 0 saturated carbocycles. The summed E-state index contributed by atoms with van der Waals surface area (Å²) in [5.41, 5.74) is -1.78. The Morgan fingerprint density at radius 3 is 2.41 bits per heavy atom. The molecule has 3 aliphatic carbocycles. The molecule has 4 rings (SSSR count). The van der Waals surface area contributed by atoms with Gasteiger partial charge in [0.1, 0.15) is 22.8 Å². The fourth-order valence-electron chi connectivity index (χ4n) is 5.41. The first-order valence-electron chi connectivity index (χ1n) is 10.1. The van der Waals surface area contributed by atoms with Crippen LogP contribution in [0.2, 0.25) is 0 Å². The first-order chi connectivity index (χ1) is 15.9. The van der Waals surface area contributed by atoms with E-state index in [4.69, 9.17) is 5.73 Å². The largest absolute Gasteiger partial charge is 0.508 e. The Labute approximate surface area is 190 Å². The number of benzene rings is 1. The highest BCUT2D eigenvalue weighted by Crippen LogP contribution is 2.57. The molecule has 0 aliphatic heterocycles. The van der Waals surface area contributed by atoms with E-state index >= 15 is 0 Å². The van der Waals surface area contributed by atoms with Gasteiger partial charge in [-0.05, 0) is 37.3 Å². The number of ketones is 2. The van der Waals surface area contributed by atoms with Crippen LogP contribution in [0.3, 0.4) is 0 Å². The molecular weight excluding hydrogens is 456 g/mol. The number of aromatic hydroxyl groups is 1. The maximum absolute atomic E-state index is 14.3. The van der Waals surface area contributed by atoms with Gasteiger partial charge in [-0.1, -0.05) is 12.1 Å². The molecule has 0 heterocycles. The second kappa shape index (κ2) is 7.64. The SMILES string of the molecule is CN(C)[C@@H]1C(=O)C(C(N)=O)=C(O)[C@@]2(O)C(N=O)=C3C(=O)c4c(O)cccc4C(=C(F)F)C3C[C@@H]12. The van der Waals surface area contributed by atoms with Crippen LogP contribution in [0.1, 0.15) is 22.3 Å². The van der Waals surface area contributed by atoms with Gasteiger partial charge in [-0.15, -0.1) is 4.91 Å². The number of carbonyl (C=O) groups excluding carboxylic acids is 3. The summed E-state index contributed by atoms with van der Waals surface area (Å²) in [6.07, 6.45) is -2.71. The monoisotopic (exact) mass is 475 g/mol. The lowest BCUT2D eigenvalue weighted by atomic mass is 9.57. The van der Waals surface area contributed by atoms with Crippen molar-refractivity contribution >= 4 is 23.0 Å². The van der Waals surface area contributed by atoms with Crippen LogP contribution in [0.25, 0.3) is 5.57 Å². The fourth-order valence-corrected chi connectivity index (χ4v) is 5.41. The van der Waals surface area contributed by atoms with Gasteiger partial charge in [-0.3, -0.25) is 19.3 Å². The Kier molecular flexibility index (Phi) is 5.25. The lowest BCUT2D eigenvalue weighted by Crippen LogP contribution is -2.62. The Bertz CT molecular complexity index is 1280. The Morgan fingerprint density at radius 1 is 1.24 bits per heavy atom. The molecule has 1 aromatic carbocycles. The molecule has 0 fully saturated rings. The number of likely N-dealkylation sites (N-methyl/N-ethyl adjacent to an activating group) is 1. The van der Waals surface area contributed by atoms with Gasteiger partial charge in [-0.2, -0.15) is 8.78 Å². The molecule has 10 nitrogen and oxygen atoms in total. The van der Waals surface area contributed by atoms with E-state index in [2.05, 4.69) is 5.18 Å². The van der Waals surface area contributed by atoms with Crippen LogP contribution in [-0.2, 0) is 9.59 Å². The molecule has 0 bridgehead atoms. The molecule has 4 atom stereocenters. The predicted octanol–water partition coefficient (Wildman–Crippen LogP) is 1.39. The van der Waals surface area contributed by atoms with Gasteiger partial charge in [-0.25, -0.2) is 0 Å². The zero-order chi connectivity index (χ0) is 25.3. The maximum atomic E-state index is 14.3. The van der Waals surface area contributed by atoms with E-state index in [9.17, 15) is 43.4 Å².